The molecule has 1 aliphatic rings. The van der Waals surface area contributed by atoms with Crippen LogP contribution in [0, 0.1) is 0 Å². The first-order chi connectivity index (χ1) is 6.93. The Morgan fingerprint density at radius 2 is 1.87 bits per heavy atom. The van der Waals surface area contributed by atoms with E-state index in [1.165, 1.54) is 0 Å². The van der Waals surface area contributed by atoms with Gasteiger partial charge in [0, 0.05) is 18.6 Å². The lowest BCUT2D eigenvalue weighted by atomic mass is 9.94. The molecule has 15 heavy (non-hydrogen) atoms. The van der Waals surface area contributed by atoms with Crippen LogP contribution in [0.15, 0.2) is 0 Å². The molecule has 0 bridgehead atoms. The Hall–Kier alpha value is -0.130. The summed E-state index contributed by atoms with van der Waals surface area (Å²) in [4.78, 5) is 0. The Morgan fingerprint density at radius 3 is 2.33 bits per heavy atom. The van der Waals surface area contributed by atoms with Gasteiger partial charge < -0.3 is 5.73 Å². The molecule has 1 aliphatic heterocycles. The van der Waals surface area contributed by atoms with E-state index in [-0.39, 0.29) is 11.3 Å². The molecule has 0 spiro atoms. The van der Waals surface area contributed by atoms with E-state index in [0.29, 0.717) is 13.1 Å². The van der Waals surface area contributed by atoms with Gasteiger partial charge in [-0.2, -0.15) is 0 Å². The molecule has 1 fully saturated rings. The highest BCUT2D eigenvalue weighted by molar-refractivity contribution is 7.89. The van der Waals surface area contributed by atoms with Crippen molar-refractivity contribution in [3.8, 4) is 0 Å². The van der Waals surface area contributed by atoms with Crippen molar-refractivity contribution in [2.45, 2.75) is 45.1 Å². The number of rotatable bonds is 4. The van der Waals surface area contributed by atoms with Crippen molar-refractivity contribution in [2.75, 3.05) is 18.8 Å². The van der Waals surface area contributed by atoms with Crippen LogP contribution in [-0.2, 0) is 10.0 Å². The molecule has 0 amide bonds. The first kappa shape index (κ1) is 12.9. The second-order valence-electron chi connectivity index (χ2n) is 4.43. The Kier molecular flexibility index (Phi) is 4.14. The topological polar surface area (TPSA) is 63.4 Å². The molecule has 0 aromatic heterocycles. The van der Waals surface area contributed by atoms with Crippen LogP contribution in [0.1, 0.15) is 39.5 Å². The SMILES string of the molecule is CCC(N)(CC)CN1CCCCS1(=O)=O. The van der Waals surface area contributed by atoms with Gasteiger partial charge in [-0.1, -0.05) is 13.8 Å². The van der Waals surface area contributed by atoms with Gasteiger partial charge >= 0.3 is 0 Å². The number of nitrogens with two attached hydrogens (primary N) is 1. The van der Waals surface area contributed by atoms with E-state index in [0.717, 1.165) is 25.7 Å². The number of nitrogens with zero attached hydrogens (tertiary/aromatic N) is 1. The van der Waals surface area contributed by atoms with Crippen molar-refractivity contribution >= 4 is 10.0 Å². The Morgan fingerprint density at radius 1 is 1.27 bits per heavy atom. The average Bonchev–Trinajstić information content (AvgIpc) is 2.21. The Balaban J connectivity index is 2.71. The van der Waals surface area contributed by atoms with Crippen LogP contribution in [0.3, 0.4) is 0 Å². The fourth-order valence-corrected chi connectivity index (χ4v) is 3.53. The fraction of sp³-hybridized carbons (Fsp3) is 1.00. The minimum atomic E-state index is -3.02. The zero-order valence-corrected chi connectivity index (χ0v) is 10.5. The van der Waals surface area contributed by atoms with Crippen molar-refractivity contribution in [3.05, 3.63) is 0 Å². The highest BCUT2D eigenvalue weighted by Gasteiger charge is 2.32. The molecular formula is C10H22N2O2S. The molecule has 4 nitrogen and oxygen atoms in total. The van der Waals surface area contributed by atoms with Gasteiger partial charge in [-0.3, -0.25) is 0 Å². The average molecular weight is 234 g/mol. The van der Waals surface area contributed by atoms with E-state index in [2.05, 4.69) is 0 Å². The molecular weight excluding hydrogens is 212 g/mol. The molecule has 90 valence electrons. The molecule has 2 N–H and O–H groups in total. The summed E-state index contributed by atoms with van der Waals surface area (Å²) in [6, 6.07) is 0. The standard InChI is InChI=1S/C10H22N2O2S/c1-3-10(11,4-2)9-12-7-5-6-8-15(12,13)14/h3-9,11H2,1-2H3. The predicted octanol–water partition coefficient (Wildman–Crippen LogP) is 0.929. The van der Waals surface area contributed by atoms with Crippen LogP contribution in [0.4, 0.5) is 0 Å². The third-order valence-corrected chi connectivity index (χ3v) is 5.26. The lowest BCUT2D eigenvalue weighted by molar-refractivity contribution is 0.275. The van der Waals surface area contributed by atoms with Gasteiger partial charge in [0.2, 0.25) is 10.0 Å². The lowest BCUT2D eigenvalue weighted by Gasteiger charge is -2.35. The van der Waals surface area contributed by atoms with E-state index >= 15 is 0 Å². The summed E-state index contributed by atoms with van der Waals surface area (Å²) in [5.74, 6) is 0.288. The molecule has 0 aromatic carbocycles. The molecule has 0 saturated carbocycles. The van der Waals surface area contributed by atoms with Crippen LogP contribution in [0.2, 0.25) is 0 Å². The second kappa shape index (κ2) is 4.80. The van der Waals surface area contributed by atoms with Crippen LogP contribution in [-0.4, -0.2) is 37.1 Å². The third-order valence-electron chi connectivity index (χ3n) is 3.35. The van der Waals surface area contributed by atoms with Gasteiger partial charge in [0.15, 0.2) is 0 Å². The first-order valence-electron chi connectivity index (χ1n) is 5.70. The molecule has 0 aromatic rings. The highest BCUT2D eigenvalue weighted by Crippen LogP contribution is 2.20. The van der Waals surface area contributed by atoms with Gasteiger partial charge in [0.05, 0.1) is 5.75 Å². The van der Waals surface area contributed by atoms with Crippen LogP contribution >= 0.6 is 0 Å². The molecule has 1 heterocycles. The third kappa shape index (κ3) is 3.16. The molecule has 0 aliphatic carbocycles. The summed E-state index contributed by atoms with van der Waals surface area (Å²) >= 11 is 0. The summed E-state index contributed by atoms with van der Waals surface area (Å²) in [5.41, 5.74) is 5.79. The molecule has 0 radical (unpaired) electrons. The van der Waals surface area contributed by atoms with Gasteiger partial charge in [0.25, 0.3) is 0 Å². The van der Waals surface area contributed by atoms with Crippen LogP contribution in [0.25, 0.3) is 0 Å². The van der Waals surface area contributed by atoms with Crippen molar-refractivity contribution < 1.29 is 8.42 Å². The first-order valence-corrected chi connectivity index (χ1v) is 7.31. The van der Waals surface area contributed by atoms with Crippen molar-refractivity contribution in [2.24, 2.45) is 5.73 Å². The zero-order chi connectivity index (χ0) is 11.5. The van der Waals surface area contributed by atoms with Gasteiger partial charge in [0.1, 0.15) is 0 Å². The van der Waals surface area contributed by atoms with E-state index in [1.807, 2.05) is 13.8 Å². The molecule has 1 saturated heterocycles. The monoisotopic (exact) mass is 234 g/mol. The maximum absolute atomic E-state index is 11.8. The maximum Gasteiger partial charge on any atom is 0.214 e. The summed E-state index contributed by atoms with van der Waals surface area (Å²) < 4.78 is 25.1. The van der Waals surface area contributed by atoms with Gasteiger partial charge in [-0.05, 0) is 25.7 Å². The fourth-order valence-electron chi connectivity index (χ4n) is 1.84. The summed E-state index contributed by atoms with van der Waals surface area (Å²) in [7, 11) is -3.02. The van der Waals surface area contributed by atoms with E-state index in [4.69, 9.17) is 5.73 Å². The predicted molar refractivity (Wildman–Crippen MR) is 62.1 cm³/mol. The minimum absolute atomic E-state index is 0.288. The highest BCUT2D eigenvalue weighted by atomic mass is 32.2. The summed E-state index contributed by atoms with van der Waals surface area (Å²) in [6.07, 6.45) is 3.38. The van der Waals surface area contributed by atoms with E-state index in [1.54, 1.807) is 4.31 Å². The van der Waals surface area contributed by atoms with Crippen molar-refractivity contribution in [1.82, 2.24) is 4.31 Å². The maximum atomic E-state index is 11.8. The number of sulfonamides is 1. The Labute approximate surface area is 92.9 Å². The van der Waals surface area contributed by atoms with Gasteiger partial charge in [-0.25, -0.2) is 12.7 Å². The summed E-state index contributed by atoms with van der Waals surface area (Å²) in [5, 5.41) is 0. The van der Waals surface area contributed by atoms with E-state index < -0.39 is 10.0 Å². The van der Waals surface area contributed by atoms with Crippen LogP contribution in [0.5, 0.6) is 0 Å². The summed E-state index contributed by atoms with van der Waals surface area (Å²) in [6.45, 7) is 5.14. The van der Waals surface area contributed by atoms with Crippen molar-refractivity contribution in [1.29, 1.82) is 0 Å². The van der Waals surface area contributed by atoms with Gasteiger partial charge in [-0.15, -0.1) is 0 Å². The molecule has 0 unspecified atom stereocenters. The quantitative estimate of drug-likeness (QED) is 0.787. The second-order valence-corrected chi connectivity index (χ2v) is 6.51. The largest absolute Gasteiger partial charge is 0.324 e. The molecule has 5 heteroatoms. The zero-order valence-electron chi connectivity index (χ0n) is 9.70. The van der Waals surface area contributed by atoms with Crippen LogP contribution < -0.4 is 5.73 Å². The number of hydrogen-bond donors (Lipinski definition) is 1. The molecule has 1 rings (SSSR count). The Bertz CT molecular complexity index is 297. The lowest BCUT2D eigenvalue weighted by Crippen LogP contribution is -2.52. The minimum Gasteiger partial charge on any atom is -0.324 e. The van der Waals surface area contributed by atoms with E-state index in [9.17, 15) is 8.42 Å². The number of hydrogen-bond acceptors (Lipinski definition) is 3. The molecule has 0 atom stereocenters. The smallest absolute Gasteiger partial charge is 0.214 e. The van der Waals surface area contributed by atoms with Crippen molar-refractivity contribution in [3.63, 3.8) is 0 Å². The normalized spacial score (nSPS) is 22.9.